The molecule has 8 heteroatoms. The Kier molecular flexibility index (Phi) is 5.39. The first-order valence-corrected chi connectivity index (χ1v) is 10.2. The number of aromatic nitrogens is 1. The zero-order valence-electron chi connectivity index (χ0n) is 16.7. The van der Waals surface area contributed by atoms with Gasteiger partial charge in [-0.2, -0.15) is 0 Å². The van der Waals surface area contributed by atoms with E-state index in [1.807, 2.05) is 24.5 Å². The van der Waals surface area contributed by atoms with Crippen molar-refractivity contribution in [3.05, 3.63) is 82.1 Å². The van der Waals surface area contributed by atoms with E-state index >= 15 is 0 Å². The number of hydrogen-bond donors (Lipinski definition) is 2. The largest absolute Gasteiger partial charge is 0.508 e. The number of hydrogen-bond acceptors (Lipinski definition) is 4. The zero-order chi connectivity index (χ0) is 22.3. The summed E-state index contributed by atoms with van der Waals surface area (Å²) in [4.78, 5) is 27.1. The topological polar surface area (TPSA) is 74.6 Å². The van der Waals surface area contributed by atoms with Crippen molar-refractivity contribution in [2.45, 2.75) is 13.8 Å². The number of aryl methyl sites for hydroxylation is 1. The summed E-state index contributed by atoms with van der Waals surface area (Å²) >= 11 is 11.5. The number of anilines is 1. The fraction of sp³-hybridized carbons (Fsp3) is 0.0870. The summed E-state index contributed by atoms with van der Waals surface area (Å²) in [5.41, 5.74) is 3.69. The van der Waals surface area contributed by atoms with Crippen molar-refractivity contribution < 1.29 is 14.7 Å². The molecule has 2 amide bonds. The van der Waals surface area contributed by atoms with Gasteiger partial charge in [0.1, 0.15) is 11.3 Å². The first-order chi connectivity index (χ1) is 14.8. The lowest BCUT2D eigenvalue weighted by atomic mass is 10.1. The Hall–Kier alpha value is -3.42. The molecule has 0 bridgehead atoms. The van der Waals surface area contributed by atoms with Crippen LogP contribution in [-0.2, 0) is 9.59 Å². The molecule has 1 aliphatic heterocycles. The molecular formula is C23H18ClN3O3S. The lowest BCUT2D eigenvalue weighted by Crippen LogP contribution is -2.54. The van der Waals surface area contributed by atoms with E-state index in [0.717, 1.165) is 22.6 Å². The average molecular weight is 452 g/mol. The number of nitrogens with zero attached hydrogens (tertiary/aromatic N) is 2. The highest BCUT2D eigenvalue weighted by Gasteiger charge is 2.35. The normalized spacial score (nSPS) is 15.5. The first-order valence-electron chi connectivity index (χ1n) is 9.42. The van der Waals surface area contributed by atoms with Gasteiger partial charge in [-0.15, -0.1) is 0 Å². The highest BCUT2D eigenvalue weighted by atomic mass is 35.5. The van der Waals surface area contributed by atoms with Gasteiger partial charge in [0.2, 0.25) is 0 Å². The van der Waals surface area contributed by atoms with E-state index in [1.54, 1.807) is 54.6 Å². The van der Waals surface area contributed by atoms with Gasteiger partial charge in [0.15, 0.2) is 5.11 Å². The molecule has 0 radical (unpaired) electrons. The van der Waals surface area contributed by atoms with Gasteiger partial charge in [-0.25, -0.2) is 0 Å². The van der Waals surface area contributed by atoms with Crippen LogP contribution in [0.15, 0.2) is 60.2 Å². The van der Waals surface area contributed by atoms with Crippen LogP contribution in [0.2, 0.25) is 5.02 Å². The number of phenolic OH excluding ortho intramolecular Hbond substituents is 1. The summed E-state index contributed by atoms with van der Waals surface area (Å²) in [6, 6.07) is 15.5. The molecule has 1 saturated heterocycles. The third-order valence-electron chi connectivity index (χ3n) is 5.07. The number of amides is 2. The highest BCUT2D eigenvalue weighted by Crippen LogP contribution is 2.30. The molecule has 2 heterocycles. The Morgan fingerprint density at radius 3 is 2.42 bits per heavy atom. The van der Waals surface area contributed by atoms with Gasteiger partial charge in [0, 0.05) is 17.1 Å². The van der Waals surface area contributed by atoms with Gasteiger partial charge >= 0.3 is 0 Å². The molecule has 1 aliphatic rings. The van der Waals surface area contributed by atoms with E-state index in [9.17, 15) is 14.7 Å². The van der Waals surface area contributed by atoms with Gasteiger partial charge in [0.05, 0.1) is 10.7 Å². The Morgan fingerprint density at radius 1 is 1.06 bits per heavy atom. The maximum absolute atomic E-state index is 13.2. The molecule has 6 nitrogen and oxygen atoms in total. The van der Waals surface area contributed by atoms with Crippen molar-refractivity contribution in [1.29, 1.82) is 0 Å². The summed E-state index contributed by atoms with van der Waals surface area (Å²) in [5.74, 6) is -0.933. The predicted molar refractivity (Wildman–Crippen MR) is 125 cm³/mol. The van der Waals surface area contributed by atoms with Crippen LogP contribution in [0.4, 0.5) is 5.69 Å². The van der Waals surface area contributed by atoms with Gasteiger partial charge in [-0.05, 0) is 80.2 Å². The smallest absolute Gasteiger partial charge is 0.270 e. The van der Waals surface area contributed by atoms with Crippen molar-refractivity contribution in [1.82, 2.24) is 9.88 Å². The number of para-hydroxylation sites is 1. The SMILES string of the molecule is Cc1cc(/C=C2/C(=O)NC(=S)N(c3ccccc3Cl)C2=O)c(C)n1-c1ccc(O)cc1. The van der Waals surface area contributed by atoms with E-state index in [1.165, 1.54) is 4.90 Å². The molecule has 0 aliphatic carbocycles. The quantitative estimate of drug-likeness (QED) is 0.354. The summed E-state index contributed by atoms with van der Waals surface area (Å²) in [6.45, 7) is 3.82. The Morgan fingerprint density at radius 2 is 1.74 bits per heavy atom. The molecule has 0 saturated carbocycles. The summed E-state index contributed by atoms with van der Waals surface area (Å²) in [5, 5.41) is 12.5. The minimum absolute atomic E-state index is 0.0187. The number of phenols is 1. The second-order valence-corrected chi connectivity index (χ2v) is 7.88. The number of rotatable bonds is 3. The van der Waals surface area contributed by atoms with Crippen molar-refractivity contribution in [3.8, 4) is 11.4 Å². The van der Waals surface area contributed by atoms with E-state index < -0.39 is 11.8 Å². The lowest BCUT2D eigenvalue weighted by molar-refractivity contribution is -0.122. The zero-order valence-corrected chi connectivity index (χ0v) is 18.3. The maximum atomic E-state index is 13.2. The first kappa shape index (κ1) is 20.8. The third kappa shape index (κ3) is 3.73. The van der Waals surface area contributed by atoms with Crippen molar-refractivity contribution >= 4 is 52.5 Å². The van der Waals surface area contributed by atoms with Crippen LogP contribution in [0, 0.1) is 13.8 Å². The van der Waals surface area contributed by atoms with Crippen LogP contribution in [0.25, 0.3) is 11.8 Å². The standard InChI is InChI=1S/C23H18ClN3O3S/c1-13-11-15(14(2)26(13)16-7-9-17(28)10-8-16)12-18-21(29)25-23(31)27(22(18)30)20-6-4-3-5-19(20)24/h3-12,28H,1-2H3,(H,25,29,31)/b18-12-. The molecular weight excluding hydrogens is 434 g/mol. The number of nitrogens with one attached hydrogen (secondary N) is 1. The predicted octanol–water partition coefficient (Wildman–Crippen LogP) is 4.28. The van der Waals surface area contributed by atoms with Crippen LogP contribution < -0.4 is 10.2 Å². The molecule has 0 spiro atoms. The van der Waals surface area contributed by atoms with E-state index in [-0.39, 0.29) is 16.4 Å². The maximum Gasteiger partial charge on any atom is 0.270 e. The van der Waals surface area contributed by atoms with Crippen molar-refractivity contribution in [2.75, 3.05) is 4.90 Å². The van der Waals surface area contributed by atoms with Crippen LogP contribution in [0.5, 0.6) is 5.75 Å². The number of benzene rings is 2. The summed E-state index contributed by atoms with van der Waals surface area (Å²) in [6.07, 6.45) is 1.56. The molecule has 1 fully saturated rings. The molecule has 31 heavy (non-hydrogen) atoms. The minimum Gasteiger partial charge on any atom is -0.508 e. The average Bonchev–Trinajstić information content (AvgIpc) is 3.00. The second kappa shape index (κ2) is 8.02. The van der Waals surface area contributed by atoms with Crippen LogP contribution in [0.3, 0.4) is 0 Å². The molecule has 0 atom stereocenters. The van der Waals surface area contributed by atoms with Crippen LogP contribution in [0.1, 0.15) is 17.0 Å². The van der Waals surface area contributed by atoms with Gasteiger partial charge in [0.25, 0.3) is 11.8 Å². The minimum atomic E-state index is -0.562. The number of carbonyl (C=O) groups excluding carboxylic acids is 2. The molecule has 2 N–H and O–H groups in total. The number of halogens is 1. The Labute approximate surface area is 189 Å². The Bertz CT molecular complexity index is 1260. The van der Waals surface area contributed by atoms with E-state index in [0.29, 0.717) is 10.7 Å². The van der Waals surface area contributed by atoms with Gasteiger partial charge in [-0.3, -0.25) is 19.8 Å². The molecule has 1 aromatic heterocycles. The van der Waals surface area contributed by atoms with Crippen molar-refractivity contribution in [3.63, 3.8) is 0 Å². The fourth-order valence-electron chi connectivity index (χ4n) is 3.60. The van der Waals surface area contributed by atoms with E-state index in [2.05, 4.69) is 5.32 Å². The molecule has 0 unspecified atom stereocenters. The molecule has 2 aromatic carbocycles. The highest BCUT2D eigenvalue weighted by molar-refractivity contribution is 7.80. The number of aromatic hydroxyl groups is 1. The van der Waals surface area contributed by atoms with Gasteiger partial charge in [-0.1, -0.05) is 23.7 Å². The monoisotopic (exact) mass is 451 g/mol. The fourth-order valence-corrected chi connectivity index (χ4v) is 4.09. The van der Waals surface area contributed by atoms with Crippen LogP contribution >= 0.6 is 23.8 Å². The number of carbonyl (C=O) groups is 2. The van der Waals surface area contributed by atoms with Crippen LogP contribution in [-0.4, -0.2) is 26.6 Å². The van der Waals surface area contributed by atoms with Gasteiger partial charge < -0.3 is 9.67 Å². The van der Waals surface area contributed by atoms with E-state index in [4.69, 9.17) is 23.8 Å². The molecule has 3 aromatic rings. The number of thiocarbonyl (C=S) groups is 1. The molecule has 156 valence electrons. The molecule has 4 rings (SSSR count). The summed E-state index contributed by atoms with van der Waals surface area (Å²) in [7, 11) is 0. The summed E-state index contributed by atoms with van der Waals surface area (Å²) < 4.78 is 1.98. The lowest BCUT2D eigenvalue weighted by Gasteiger charge is -2.29. The van der Waals surface area contributed by atoms with Crippen molar-refractivity contribution in [2.24, 2.45) is 0 Å². The third-order valence-corrected chi connectivity index (χ3v) is 5.68. The second-order valence-electron chi connectivity index (χ2n) is 7.09. The Balaban J connectivity index is 1.77.